The number of pyridine rings is 1. The number of hydrogen-bond donors (Lipinski definition) is 1. The zero-order valence-corrected chi connectivity index (χ0v) is 10.8. The summed E-state index contributed by atoms with van der Waals surface area (Å²) >= 11 is 0. The van der Waals surface area contributed by atoms with E-state index in [4.69, 9.17) is 5.73 Å². The van der Waals surface area contributed by atoms with Crippen LogP contribution >= 0.6 is 0 Å². The van der Waals surface area contributed by atoms with E-state index in [0.717, 1.165) is 12.3 Å². The fraction of sp³-hybridized carbons (Fsp3) is 0.444. The Morgan fingerprint density at radius 1 is 1.50 bits per heavy atom. The van der Waals surface area contributed by atoms with E-state index in [2.05, 4.69) is 4.98 Å². The topological polar surface area (TPSA) is 119 Å². The van der Waals surface area contributed by atoms with Crippen LogP contribution < -0.4 is 10.6 Å². The lowest BCUT2D eigenvalue weighted by Gasteiger charge is -2.17. The maximum atomic E-state index is 11.0. The Bertz CT molecular complexity index is 558. The van der Waals surface area contributed by atoms with Gasteiger partial charge in [0.25, 0.3) is 5.69 Å². The van der Waals surface area contributed by atoms with Crippen molar-refractivity contribution in [1.82, 2.24) is 4.98 Å². The molecule has 0 fully saturated rings. The molecule has 9 heteroatoms. The molecule has 0 aliphatic rings. The van der Waals surface area contributed by atoms with Gasteiger partial charge in [-0.2, -0.15) is 0 Å². The lowest BCUT2D eigenvalue weighted by Crippen LogP contribution is -2.25. The Labute approximate surface area is 104 Å². The molecule has 8 nitrogen and oxygen atoms in total. The fourth-order valence-corrected chi connectivity index (χ4v) is 1.85. The molecule has 0 amide bonds. The first-order chi connectivity index (χ1) is 8.19. The Hall–Kier alpha value is -1.90. The average Bonchev–Trinajstić information content (AvgIpc) is 2.23. The van der Waals surface area contributed by atoms with E-state index in [1.165, 1.54) is 11.0 Å². The average molecular weight is 274 g/mol. The molecule has 2 N–H and O–H groups in total. The third-order valence-corrected chi connectivity index (χ3v) is 3.14. The van der Waals surface area contributed by atoms with Gasteiger partial charge in [0.15, 0.2) is 0 Å². The molecule has 18 heavy (non-hydrogen) atoms. The van der Waals surface area contributed by atoms with Crippen LogP contribution in [0.4, 0.5) is 17.3 Å². The Kier molecular flexibility index (Phi) is 4.07. The number of nitrogen functional groups attached to an aromatic ring is 1. The van der Waals surface area contributed by atoms with Gasteiger partial charge >= 0.3 is 0 Å². The Morgan fingerprint density at radius 2 is 2.11 bits per heavy atom. The highest BCUT2D eigenvalue weighted by Crippen LogP contribution is 2.20. The quantitative estimate of drug-likeness (QED) is 0.595. The zero-order chi connectivity index (χ0) is 13.9. The zero-order valence-electron chi connectivity index (χ0n) is 10.0. The molecule has 1 heterocycles. The minimum atomic E-state index is -3.10. The molecule has 0 aliphatic carbocycles. The minimum absolute atomic E-state index is 0.0189. The van der Waals surface area contributed by atoms with Gasteiger partial charge in [0, 0.05) is 19.8 Å². The third kappa shape index (κ3) is 4.17. The van der Waals surface area contributed by atoms with Crippen LogP contribution in [0.15, 0.2) is 12.1 Å². The van der Waals surface area contributed by atoms with E-state index in [0.29, 0.717) is 0 Å². The van der Waals surface area contributed by atoms with Gasteiger partial charge in [0.1, 0.15) is 21.5 Å². The number of nitrogens with two attached hydrogens (primary N) is 1. The highest BCUT2D eigenvalue weighted by molar-refractivity contribution is 7.90. The van der Waals surface area contributed by atoms with Gasteiger partial charge in [0.05, 0.1) is 22.8 Å². The van der Waals surface area contributed by atoms with Crippen LogP contribution in [0, 0.1) is 10.1 Å². The van der Waals surface area contributed by atoms with Gasteiger partial charge in [-0.1, -0.05) is 0 Å². The monoisotopic (exact) mass is 274 g/mol. The number of aromatic nitrogens is 1. The molecule has 0 radical (unpaired) electrons. The summed E-state index contributed by atoms with van der Waals surface area (Å²) in [6.07, 6.45) is 1.12. The molecule has 0 atom stereocenters. The lowest BCUT2D eigenvalue weighted by molar-refractivity contribution is -0.384. The normalized spacial score (nSPS) is 11.2. The van der Waals surface area contributed by atoms with Crippen LogP contribution in [0.25, 0.3) is 0 Å². The number of rotatable bonds is 5. The predicted octanol–water partition coefficient (Wildman–Crippen LogP) is 0.0528. The molecule has 1 aromatic heterocycles. The second-order valence-corrected chi connectivity index (χ2v) is 6.18. The summed E-state index contributed by atoms with van der Waals surface area (Å²) < 4.78 is 22.1. The van der Waals surface area contributed by atoms with Crippen LogP contribution in [0.1, 0.15) is 0 Å². The Balaban J connectivity index is 2.92. The van der Waals surface area contributed by atoms with Crippen LogP contribution in [0.5, 0.6) is 0 Å². The van der Waals surface area contributed by atoms with Gasteiger partial charge < -0.3 is 10.6 Å². The summed E-state index contributed by atoms with van der Waals surface area (Å²) in [5.74, 6) is 0.226. The number of nitro groups is 1. The second-order valence-electron chi connectivity index (χ2n) is 3.92. The smallest absolute Gasteiger partial charge is 0.276 e. The summed E-state index contributed by atoms with van der Waals surface area (Å²) in [6, 6.07) is 2.40. The van der Waals surface area contributed by atoms with Gasteiger partial charge in [0.2, 0.25) is 0 Å². The van der Waals surface area contributed by atoms with Gasteiger partial charge in [-0.05, 0) is 0 Å². The van der Waals surface area contributed by atoms with Gasteiger partial charge in [-0.15, -0.1) is 0 Å². The number of anilines is 2. The van der Waals surface area contributed by atoms with Crippen LogP contribution in [-0.4, -0.2) is 43.9 Å². The van der Waals surface area contributed by atoms with Crippen molar-refractivity contribution in [2.75, 3.05) is 36.2 Å². The molecule has 100 valence electrons. The lowest BCUT2D eigenvalue weighted by atomic mass is 10.3. The SMILES string of the molecule is CN(CCS(C)(=O)=O)c1cc([N+](=O)[O-])cc(N)n1. The number of hydrogen-bond acceptors (Lipinski definition) is 7. The summed E-state index contributed by atoms with van der Waals surface area (Å²) in [4.78, 5) is 15.5. The summed E-state index contributed by atoms with van der Waals surface area (Å²) in [5, 5.41) is 10.7. The largest absolute Gasteiger partial charge is 0.383 e. The van der Waals surface area contributed by atoms with Crippen molar-refractivity contribution in [3.63, 3.8) is 0 Å². The van der Waals surface area contributed by atoms with Crippen molar-refractivity contribution >= 4 is 27.2 Å². The molecule has 0 bridgehead atoms. The predicted molar refractivity (Wildman–Crippen MR) is 68.3 cm³/mol. The molecule has 0 aliphatic heterocycles. The molecule has 1 aromatic rings. The van der Waals surface area contributed by atoms with E-state index in [1.807, 2.05) is 0 Å². The third-order valence-electron chi connectivity index (χ3n) is 2.22. The van der Waals surface area contributed by atoms with Gasteiger partial charge in [-0.3, -0.25) is 10.1 Å². The first-order valence-corrected chi connectivity index (χ1v) is 7.06. The van der Waals surface area contributed by atoms with Crippen LogP contribution in [0.3, 0.4) is 0 Å². The Morgan fingerprint density at radius 3 is 2.61 bits per heavy atom. The molecular weight excluding hydrogens is 260 g/mol. The van der Waals surface area contributed by atoms with Crippen molar-refractivity contribution in [2.45, 2.75) is 0 Å². The van der Waals surface area contributed by atoms with Crippen molar-refractivity contribution in [3.05, 3.63) is 22.2 Å². The van der Waals surface area contributed by atoms with E-state index < -0.39 is 14.8 Å². The molecule has 0 saturated heterocycles. The summed E-state index contributed by atoms with van der Waals surface area (Å²) in [7, 11) is -1.50. The molecule has 0 unspecified atom stereocenters. The van der Waals surface area contributed by atoms with E-state index in [-0.39, 0.29) is 29.6 Å². The molecule has 1 rings (SSSR count). The van der Waals surface area contributed by atoms with E-state index in [9.17, 15) is 18.5 Å². The van der Waals surface area contributed by atoms with Crippen molar-refractivity contribution in [2.24, 2.45) is 0 Å². The van der Waals surface area contributed by atoms with Gasteiger partial charge in [-0.25, -0.2) is 13.4 Å². The fourth-order valence-electron chi connectivity index (χ4n) is 1.24. The number of nitrogens with zero attached hydrogens (tertiary/aromatic N) is 3. The minimum Gasteiger partial charge on any atom is -0.383 e. The highest BCUT2D eigenvalue weighted by atomic mass is 32.2. The maximum absolute atomic E-state index is 11.0. The van der Waals surface area contributed by atoms with E-state index >= 15 is 0 Å². The highest BCUT2D eigenvalue weighted by Gasteiger charge is 2.13. The maximum Gasteiger partial charge on any atom is 0.276 e. The standard InChI is InChI=1S/C9H14N4O4S/c1-12(3-4-18(2,16)17)9-6-7(13(14)15)5-8(10)11-9/h5-6H,3-4H2,1-2H3,(H2,10,11). The van der Waals surface area contributed by atoms with Crippen LogP contribution in [0.2, 0.25) is 0 Å². The van der Waals surface area contributed by atoms with Crippen molar-refractivity contribution in [1.29, 1.82) is 0 Å². The summed E-state index contributed by atoms with van der Waals surface area (Å²) in [5.41, 5.74) is 5.28. The van der Waals surface area contributed by atoms with Crippen molar-refractivity contribution in [3.8, 4) is 0 Å². The molecular formula is C9H14N4O4S. The first-order valence-electron chi connectivity index (χ1n) is 5.00. The molecule has 0 saturated carbocycles. The molecule has 0 spiro atoms. The van der Waals surface area contributed by atoms with Crippen molar-refractivity contribution < 1.29 is 13.3 Å². The second kappa shape index (κ2) is 5.17. The first kappa shape index (κ1) is 14.2. The van der Waals surface area contributed by atoms with E-state index in [1.54, 1.807) is 7.05 Å². The molecule has 0 aromatic carbocycles. The van der Waals surface area contributed by atoms with Crippen LogP contribution in [-0.2, 0) is 9.84 Å². The summed E-state index contributed by atoms with van der Waals surface area (Å²) in [6.45, 7) is 0.187. The number of sulfone groups is 1.